The minimum absolute atomic E-state index is 0.424. The number of hydrogen-bond acceptors (Lipinski definition) is 4. The first kappa shape index (κ1) is 12.0. The van der Waals surface area contributed by atoms with Crippen molar-refractivity contribution in [1.82, 2.24) is 4.90 Å². The SMILES string of the molecule is CC(C)(C)OC(=O)C(C#N)N1CCCC1. The number of carbonyl (C=O) groups excluding carboxylic acids is 1. The number of rotatable bonds is 2. The van der Waals surface area contributed by atoms with Gasteiger partial charge in [0.15, 0.2) is 6.04 Å². The molecule has 84 valence electrons. The molecule has 0 bridgehead atoms. The number of nitriles is 1. The molecule has 1 heterocycles. The highest BCUT2D eigenvalue weighted by Gasteiger charge is 2.31. The molecular weight excluding hydrogens is 192 g/mol. The molecule has 4 heteroatoms. The Kier molecular flexibility index (Phi) is 3.70. The van der Waals surface area contributed by atoms with Gasteiger partial charge in [-0.1, -0.05) is 0 Å². The number of ether oxygens (including phenoxy) is 1. The Bertz CT molecular complexity index is 269. The minimum Gasteiger partial charge on any atom is -0.458 e. The van der Waals surface area contributed by atoms with Gasteiger partial charge in [-0.3, -0.25) is 4.90 Å². The van der Waals surface area contributed by atoms with Gasteiger partial charge in [-0.2, -0.15) is 5.26 Å². The third kappa shape index (κ3) is 3.52. The molecule has 4 nitrogen and oxygen atoms in total. The summed E-state index contributed by atoms with van der Waals surface area (Å²) >= 11 is 0. The maximum absolute atomic E-state index is 11.7. The van der Waals surface area contributed by atoms with Crippen LogP contribution in [0.25, 0.3) is 0 Å². The molecule has 0 N–H and O–H groups in total. The first-order valence-corrected chi connectivity index (χ1v) is 5.30. The molecule has 0 spiro atoms. The third-order valence-corrected chi connectivity index (χ3v) is 2.26. The fraction of sp³-hybridized carbons (Fsp3) is 0.818. The van der Waals surface area contributed by atoms with Gasteiger partial charge in [-0.25, -0.2) is 4.79 Å². The van der Waals surface area contributed by atoms with Gasteiger partial charge in [0.2, 0.25) is 0 Å². The zero-order chi connectivity index (χ0) is 11.5. The van der Waals surface area contributed by atoms with E-state index in [1.807, 2.05) is 31.7 Å². The summed E-state index contributed by atoms with van der Waals surface area (Å²) in [5.74, 6) is -0.424. The van der Waals surface area contributed by atoms with Crippen LogP contribution in [0.4, 0.5) is 0 Å². The largest absolute Gasteiger partial charge is 0.458 e. The van der Waals surface area contributed by atoms with Crippen LogP contribution in [0, 0.1) is 11.3 Å². The van der Waals surface area contributed by atoms with Crippen molar-refractivity contribution in [3.63, 3.8) is 0 Å². The van der Waals surface area contributed by atoms with Crippen LogP contribution >= 0.6 is 0 Å². The summed E-state index contributed by atoms with van der Waals surface area (Å²) in [6.45, 7) is 7.06. The van der Waals surface area contributed by atoms with Crippen LogP contribution in [0.5, 0.6) is 0 Å². The molecule has 1 fully saturated rings. The molecule has 15 heavy (non-hydrogen) atoms. The molecule has 1 aliphatic heterocycles. The van der Waals surface area contributed by atoms with Crippen molar-refractivity contribution in [2.24, 2.45) is 0 Å². The molecule has 1 aliphatic rings. The van der Waals surface area contributed by atoms with Crippen molar-refractivity contribution in [3.8, 4) is 6.07 Å². The highest BCUT2D eigenvalue weighted by atomic mass is 16.6. The van der Waals surface area contributed by atoms with E-state index in [9.17, 15) is 4.79 Å². The van der Waals surface area contributed by atoms with Gasteiger partial charge in [-0.15, -0.1) is 0 Å². The second-order valence-electron chi connectivity index (χ2n) is 4.81. The van der Waals surface area contributed by atoms with Gasteiger partial charge in [0.25, 0.3) is 0 Å². The van der Waals surface area contributed by atoms with E-state index < -0.39 is 17.6 Å². The second-order valence-corrected chi connectivity index (χ2v) is 4.81. The lowest BCUT2D eigenvalue weighted by Crippen LogP contribution is -2.42. The summed E-state index contributed by atoms with van der Waals surface area (Å²) in [6, 6.07) is 1.29. The summed E-state index contributed by atoms with van der Waals surface area (Å²) in [5, 5.41) is 8.96. The summed E-state index contributed by atoms with van der Waals surface area (Å²) in [6.07, 6.45) is 2.11. The van der Waals surface area contributed by atoms with E-state index in [0.717, 1.165) is 25.9 Å². The van der Waals surface area contributed by atoms with Crippen LogP contribution in [0.2, 0.25) is 0 Å². The molecule has 0 saturated carbocycles. The third-order valence-electron chi connectivity index (χ3n) is 2.26. The zero-order valence-electron chi connectivity index (χ0n) is 9.62. The lowest BCUT2D eigenvalue weighted by Gasteiger charge is -2.25. The molecule has 1 rings (SSSR count). The van der Waals surface area contributed by atoms with Crippen LogP contribution in [-0.4, -0.2) is 35.6 Å². The Labute approximate surface area is 90.8 Å². The molecular formula is C11H18N2O2. The lowest BCUT2D eigenvalue weighted by atomic mass is 10.2. The predicted molar refractivity (Wildman–Crippen MR) is 56.1 cm³/mol. The molecule has 0 radical (unpaired) electrons. The number of carbonyl (C=O) groups is 1. The molecule has 1 unspecified atom stereocenters. The van der Waals surface area contributed by atoms with Gasteiger partial charge in [-0.05, 0) is 46.7 Å². The molecule has 1 atom stereocenters. The monoisotopic (exact) mass is 210 g/mol. The first-order chi connectivity index (χ1) is 6.94. The first-order valence-electron chi connectivity index (χ1n) is 5.30. The number of nitrogens with zero attached hydrogens (tertiary/aromatic N) is 2. The average Bonchev–Trinajstić information content (AvgIpc) is 2.54. The maximum atomic E-state index is 11.7. The standard InChI is InChI=1S/C11H18N2O2/c1-11(2,3)15-10(14)9(8-12)13-6-4-5-7-13/h9H,4-7H2,1-3H3. The van der Waals surface area contributed by atoms with Crippen molar-refractivity contribution in [2.75, 3.05) is 13.1 Å². The van der Waals surface area contributed by atoms with E-state index in [1.54, 1.807) is 0 Å². The zero-order valence-corrected chi connectivity index (χ0v) is 9.62. The Morgan fingerprint density at radius 2 is 1.93 bits per heavy atom. The Morgan fingerprint density at radius 3 is 2.33 bits per heavy atom. The molecule has 0 aromatic carbocycles. The summed E-state index contributed by atoms with van der Waals surface area (Å²) in [4.78, 5) is 13.6. The molecule has 1 saturated heterocycles. The summed E-state index contributed by atoms with van der Waals surface area (Å²) < 4.78 is 5.20. The van der Waals surface area contributed by atoms with Crippen LogP contribution < -0.4 is 0 Å². The summed E-state index contributed by atoms with van der Waals surface area (Å²) in [5.41, 5.74) is -0.522. The van der Waals surface area contributed by atoms with Gasteiger partial charge >= 0.3 is 5.97 Å². The fourth-order valence-corrected chi connectivity index (χ4v) is 1.64. The maximum Gasteiger partial charge on any atom is 0.338 e. The van der Waals surface area contributed by atoms with Crippen molar-refractivity contribution in [1.29, 1.82) is 5.26 Å². The van der Waals surface area contributed by atoms with E-state index in [0.29, 0.717) is 0 Å². The van der Waals surface area contributed by atoms with Crippen LogP contribution in [-0.2, 0) is 9.53 Å². The van der Waals surface area contributed by atoms with E-state index in [2.05, 4.69) is 0 Å². The van der Waals surface area contributed by atoms with Crippen molar-refractivity contribution in [2.45, 2.75) is 45.3 Å². The van der Waals surface area contributed by atoms with E-state index in [4.69, 9.17) is 10.00 Å². The Morgan fingerprint density at radius 1 is 1.40 bits per heavy atom. The minimum atomic E-state index is -0.730. The van der Waals surface area contributed by atoms with Crippen LogP contribution in [0.1, 0.15) is 33.6 Å². The van der Waals surface area contributed by atoms with Gasteiger partial charge in [0.1, 0.15) is 5.60 Å². The molecule has 0 aromatic rings. The number of hydrogen-bond donors (Lipinski definition) is 0. The fourth-order valence-electron chi connectivity index (χ4n) is 1.64. The highest BCUT2D eigenvalue weighted by molar-refractivity contribution is 5.79. The van der Waals surface area contributed by atoms with Crippen LogP contribution in [0.3, 0.4) is 0 Å². The Balaban J connectivity index is 2.59. The predicted octanol–water partition coefficient (Wildman–Crippen LogP) is 1.32. The Hall–Kier alpha value is -1.08. The van der Waals surface area contributed by atoms with Gasteiger partial charge in [0, 0.05) is 0 Å². The molecule has 0 amide bonds. The lowest BCUT2D eigenvalue weighted by molar-refractivity contribution is -0.158. The summed E-state index contributed by atoms with van der Waals surface area (Å²) in [7, 11) is 0. The highest BCUT2D eigenvalue weighted by Crippen LogP contribution is 2.15. The van der Waals surface area contributed by atoms with Crippen molar-refractivity contribution in [3.05, 3.63) is 0 Å². The van der Waals surface area contributed by atoms with Crippen molar-refractivity contribution < 1.29 is 9.53 Å². The quantitative estimate of drug-likeness (QED) is 0.645. The van der Waals surface area contributed by atoms with Crippen molar-refractivity contribution >= 4 is 5.97 Å². The number of likely N-dealkylation sites (tertiary alicyclic amines) is 1. The normalized spacial score (nSPS) is 19.6. The van der Waals surface area contributed by atoms with Gasteiger partial charge in [0.05, 0.1) is 6.07 Å². The average molecular weight is 210 g/mol. The molecule has 0 aromatic heterocycles. The smallest absolute Gasteiger partial charge is 0.338 e. The topological polar surface area (TPSA) is 53.3 Å². The van der Waals surface area contributed by atoms with Crippen LogP contribution in [0.15, 0.2) is 0 Å². The second kappa shape index (κ2) is 4.63. The van der Waals surface area contributed by atoms with Gasteiger partial charge < -0.3 is 4.74 Å². The van der Waals surface area contributed by atoms with E-state index in [-0.39, 0.29) is 0 Å². The van der Waals surface area contributed by atoms with E-state index in [1.165, 1.54) is 0 Å². The van der Waals surface area contributed by atoms with E-state index >= 15 is 0 Å². The molecule has 0 aliphatic carbocycles. The number of esters is 1.